The molecule has 0 radical (unpaired) electrons. The molecule has 0 bridgehead atoms. The largest absolute Gasteiger partial charge is 0.488 e. The molecule has 2 aromatic heterocycles. The molecular formula is C23H21N3O4. The summed E-state index contributed by atoms with van der Waals surface area (Å²) in [5.41, 5.74) is 3.83. The van der Waals surface area contributed by atoms with Crippen molar-refractivity contribution >= 4 is 5.97 Å². The van der Waals surface area contributed by atoms with E-state index in [1.54, 1.807) is 29.1 Å². The number of hydrogen-bond donors (Lipinski definition) is 0. The molecule has 0 atom stereocenters. The number of carbonyl (C=O) groups excluding carboxylic acids is 1. The third-order valence-corrected chi connectivity index (χ3v) is 4.74. The minimum absolute atomic E-state index is 0.163. The first kappa shape index (κ1) is 19.4. The summed E-state index contributed by atoms with van der Waals surface area (Å²) in [6, 6.07) is 16.5. The summed E-state index contributed by atoms with van der Waals surface area (Å²) in [4.78, 5) is 12.6. The summed E-state index contributed by atoms with van der Waals surface area (Å²) in [5, 5.41) is 8.11. The van der Waals surface area contributed by atoms with E-state index in [9.17, 15) is 4.79 Å². The van der Waals surface area contributed by atoms with Gasteiger partial charge in [-0.25, -0.2) is 9.48 Å². The van der Waals surface area contributed by atoms with Crippen molar-refractivity contribution < 1.29 is 18.8 Å². The average Bonchev–Trinajstić information content (AvgIpc) is 3.42. The Morgan fingerprint density at radius 2 is 1.83 bits per heavy atom. The quantitative estimate of drug-likeness (QED) is 0.425. The van der Waals surface area contributed by atoms with Crippen LogP contribution in [0, 0.1) is 13.8 Å². The second-order valence-electron chi connectivity index (χ2n) is 6.78. The maximum absolute atomic E-state index is 12.6. The lowest BCUT2D eigenvalue weighted by Crippen LogP contribution is -2.08. The van der Waals surface area contributed by atoms with Crippen LogP contribution < -0.4 is 4.74 Å². The van der Waals surface area contributed by atoms with Crippen molar-refractivity contribution in [3.63, 3.8) is 0 Å². The van der Waals surface area contributed by atoms with Gasteiger partial charge in [-0.2, -0.15) is 5.10 Å². The van der Waals surface area contributed by atoms with Gasteiger partial charge in [-0.15, -0.1) is 0 Å². The zero-order valence-corrected chi connectivity index (χ0v) is 16.7. The fourth-order valence-corrected chi connectivity index (χ4v) is 3.01. The number of hydrogen-bond acceptors (Lipinski definition) is 6. The summed E-state index contributed by atoms with van der Waals surface area (Å²) >= 11 is 0. The molecule has 4 aromatic rings. The summed E-state index contributed by atoms with van der Waals surface area (Å²) in [6.07, 6.45) is 3.59. The monoisotopic (exact) mass is 403 g/mol. The molecule has 0 N–H and O–H groups in total. The molecule has 152 valence electrons. The van der Waals surface area contributed by atoms with Gasteiger partial charge in [-0.3, -0.25) is 0 Å². The van der Waals surface area contributed by atoms with E-state index in [0.29, 0.717) is 17.1 Å². The van der Waals surface area contributed by atoms with E-state index >= 15 is 0 Å². The van der Waals surface area contributed by atoms with Crippen molar-refractivity contribution in [2.45, 2.75) is 27.1 Å². The first-order valence-corrected chi connectivity index (χ1v) is 9.51. The maximum atomic E-state index is 12.6. The lowest BCUT2D eigenvalue weighted by molar-refractivity contribution is 0.0467. The van der Waals surface area contributed by atoms with E-state index in [0.717, 1.165) is 22.5 Å². The van der Waals surface area contributed by atoms with Gasteiger partial charge in [0.15, 0.2) is 0 Å². The summed E-state index contributed by atoms with van der Waals surface area (Å²) in [7, 11) is 0. The molecule has 0 fully saturated rings. The number of aromatic nitrogens is 3. The second-order valence-corrected chi connectivity index (χ2v) is 6.78. The van der Waals surface area contributed by atoms with E-state index < -0.39 is 5.97 Å². The highest BCUT2D eigenvalue weighted by Crippen LogP contribution is 2.23. The third-order valence-electron chi connectivity index (χ3n) is 4.74. The molecule has 0 aliphatic rings. The number of para-hydroxylation sites is 1. The van der Waals surface area contributed by atoms with Crippen molar-refractivity contribution in [2.24, 2.45) is 0 Å². The Hall–Kier alpha value is -3.87. The Labute approximate surface area is 173 Å². The van der Waals surface area contributed by atoms with Gasteiger partial charge in [-0.1, -0.05) is 29.4 Å². The van der Waals surface area contributed by atoms with Crippen molar-refractivity contribution in [2.75, 3.05) is 0 Å². The molecule has 0 aliphatic heterocycles. The normalized spacial score (nSPS) is 10.7. The SMILES string of the molecule is Cc1noc(C)c1COc1ccccc1C(=O)OCc1ccc(-n2cccn2)cc1. The number of esters is 1. The molecule has 0 saturated carbocycles. The molecule has 2 heterocycles. The van der Waals surface area contributed by atoms with Crippen molar-refractivity contribution in [1.29, 1.82) is 0 Å². The Balaban J connectivity index is 1.40. The van der Waals surface area contributed by atoms with E-state index in [1.165, 1.54) is 0 Å². The third kappa shape index (κ3) is 4.25. The molecule has 0 unspecified atom stereocenters. The maximum Gasteiger partial charge on any atom is 0.342 e. The van der Waals surface area contributed by atoms with Crippen LogP contribution in [0.4, 0.5) is 0 Å². The van der Waals surface area contributed by atoms with Crippen LogP contribution in [0.5, 0.6) is 5.75 Å². The smallest absolute Gasteiger partial charge is 0.342 e. The minimum Gasteiger partial charge on any atom is -0.488 e. The molecule has 30 heavy (non-hydrogen) atoms. The van der Waals surface area contributed by atoms with Crippen molar-refractivity contribution in [3.05, 3.63) is 95.1 Å². The van der Waals surface area contributed by atoms with Crippen LogP contribution in [0.25, 0.3) is 5.69 Å². The molecule has 0 aliphatic carbocycles. The van der Waals surface area contributed by atoms with E-state index in [4.69, 9.17) is 14.0 Å². The van der Waals surface area contributed by atoms with Gasteiger partial charge in [-0.05, 0) is 49.7 Å². The molecule has 4 rings (SSSR count). The van der Waals surface area contributed by atoms with Crippen LogP contribution in [-0.4, -0.2) is 20.9 Å². The summed E-state index contributed by atoms with van der Waals surface area (Å²) < 4.78 is 18.3. The number of carbonyl (C=O) groups is 1. The van der Waals surface area contributed by atoms with E-state index in [2.05, 4.69) is 10.3 Å². The lowest BCUT2D eigenvalue weighted by atomic mass is 10.2. The van der Waals surface area contributed by atoms with Crippen LogP contribution in [-0.2, 0) is 18.0 Å². The van der Waals surface area contributed by atoms with E-state index in [-0.39, 0.29) is 13.2 Å². The minimum atomic E-state index is -0.444. The van der Waals surface area contributed by atoms with Gasteiger partial charge in [0, 0.05) is 12.4 Å². The van der Waals surface area contributed by atoms with Gasteiger partial charge in [0.2, 0.25) is 0 Å². The van der Waals surface area contributed by atoms with Crippen molar-refractivity contribution in [1.82, 2.24) is 14.9 Å². The van der Waals surface area contributed by atoms with Crippen LogP contribution in [0.1, 0.15) is 32.9 Å². The predicted octanol–water partition coefficient (Wildman–Crippen LogP) is 4.41. The number of nitrogens with zero attached hydrogens (tertiary/aromatic N) is 3. The molecular weight excluding hydrogens is 382 g/mol. The van der Waals surface area contributed by atoms with Gasteiger partial charge in [0.25, 0.3) is 0 Å². The number of ether oxygens (including phenoxy) is 2. The molecule has 2 aromatic carbocycles. The zero-order chi connectivity index (χ0) is 20.9. The fourth-order valence-electron chi connectivity index (χ4n) is 3.01. The Kier molecular flexibility index (Phi) is 5.61. The standard InChI is InChI=1S/C23H21N3O4/c1-16-21(17(2)30-25-16)15-28-22-7-4-3-6-20(22)23(27)29-14-18-8-10-19(11-9-18)26-13-5-12-24-26/h3-13H,14-15H2,1-2H3. The first-order chi connectivity index (χ1) is 14.6. The average molecular weight is 403 g/mol. The number of benzene rings is 2. The molecule has 7 heteroatoms. The van der Waals surface area contributed by atoms with Crippen molar-refractivity contribution in [3.8, 4) is 11.4 Å². The zero-order valence-electron chi connectivity index (χ0n) is 16.7. The highest BCUT2D eigenvalue weighted by molar-refractivity contribution is 5.92. The number of rotatable bonds is 7. The Bertz CT molecular complexity index is 1110. The van der Waals surface area contributed by atoms with Gasteiger partial charge >= 0.3 is 5.97 Å². The molecule has 0 amide bonds. The van der Waals surface area contributed by atoms with Crippen LogP contribution in [0.15, 0.2) is 71.5 Å². The Morgan fingerprint density at radius 1 is 1.03 bits per heavy atom. The Morgan fingerprint density at radius 3 is 2.53 bits per heavy atom. The van der Waals surface area contributed by atoms with Gasteiger partial charge in [0.05, 0.1) is 16.9 Å². The van der Waals surface area contributed by atoms with Crippen LogP contribution in [0.3, 0.4) is 0 Å². The fraction of sp³-hybridized carbons (Fsp3) is 0.174. The predicted molar refractivity (Wildman–Crippen MR) is 109 cm³/mol. The topological polar surface area (TPSA) is 79.4 Å². The molecule has 7 nitrogen and oxygen atoms in total. The first-order valence-electron chi connectivity index (χ1n) is 9.51. The van der Waals surface area contributed by atoms with Gasteiger partial charge < -0.3 is 14.0 Å². The summed E-state index contributed by atoms with van der Waals surface area (Å²) in [6.45, 7) is 4.11. The lowest BCUT2D eigenvalue weighted by Gasteiger charge is -2.11. The van der Waals surface area contributed by atoms with Crippen LogP contribution >= 0.6 is 0 Å². The highest BCUT2D eigenvalue weighted by atomic mass is 16.5. The van der Waals surface area contributed by atoms with Gasteiger partial charge in [0.1, 0.15) is 30.3 Å². The second kappa shape index (κ2) is 8.65. The van der Waals surface area contributed by atoms with E-state index in [1.807, 2.05) is 56.4 Å². The van der Waals surface area contributed by atoms with Crippen LogP contribution in [0.2, 0.25) is 0 Å². The summed E-state index contributed by atoms with van der Waals surface area (Å²) in [5.74, 6) is 0.711. The highest BCUT2D eigenvalue weighted by Gasteiger charge is 2.16. The molecule has 0 saturated heterocycles. The molecule has 0 spiro atoms. The number of aryl methyl sites for hydroxylation is 2.